The highest BCUT2D eigenvalue weighted by Gasteiger charge is 2.19. The van der Waals surface area contributed by atoms with Crippen molar-refractivity contribution in [2.24, 2.45) is 0 Å². The monoisotopic (exact) mass is 369 g/mol. The summed E-state index contributed by atoms with van der Waals surface area (Å²) >= 11 is 5.44. The molecule has 0 unspecified atom stereocenters. The van der Waals surface area contributed by atoms with Gasteiger partial charge in [0.1, 0.15) is 0 Å². The number of rotatable bonds is 3. The van der Waals surface area contributed by atoms with Gasteiger partial charge in [0.25, 0.3) is 0 Å². The van der Waals surface area contributed by atoms with Crippen molar-refractivity contribution in [2.45, 2.75) is 6.92 Å². The number of hydrogen-bond donors (Lipinski definition) is 2. The number of nitrogens with one attached hydrogen (secondary N) is 2. The Morgan fingerprint density at radius 2 is 1.73 bits per heavy atom. The molecule has 1 aliphatic heterocycles. The van der Waals surface area contributed by atoms with Gasteiger partial charge in [-0.25, -0.2) is 4.63 Å². The SMILES string of the molecule is Cc1ccccc1NC(=S)Nc1ccc(N2CCOCC2)c2nonc12. The third-order valence-electron chi connectivity index (χ3n) is 4.39. The first-order valence-corrected chi connectivity index (χ1v) is 8.85. The van der Waals surface area contributed by atoms with Crippen molar-refractivity contribution in [3.8, 4) is 0 Å². The van der Waals surface area contributed by atoms with Crippen molar-refractivity contribution in [3.05, 3.63) is 42.0 Å². The lowest BCUT2D eigenvalue weighted by Crippen LogP contribution is -2.36. The zero-order valence-corrected chi connectivity index (χ0v) is 15.2. The van der Waals surface area contributed by atoms with Crippen molar-refractivity contribution in [1.29, 1.82) is 0 Å². The first-order valence-electron chi connectivity index (χ1n) is 8.44. The third kappa shape index (κ3) is 3.33. The number of aromatic nitrogens is 2. The lowest BCUT2D eigenvalue weighted by Gasteiger charge is -2.28. The Hall–Kier alpha value is -2.71. The van der Waals surface area contributed by atoms with Gasteiger partial charge in [0.2, 0.25) is 0 Å². The fraction of sp³-hybridized carbons (Fsp3) is 0.278. The summed E-state index contributed by atoms with van der Waals surface area (Å²) in [6, 6.07) is 11.9. The van der Waals surface area contributed by atoms with Gasteiger partial charge in [-0.3, -0.25) is 0 Å². The zero-order chi connectivity index (χ0) is 17.9. The van der Waals surface area contributed by atoms with Gasteiger partial charge in [0.05, 0.1) is 24.6 Å². The number of hydrogen-bond acceptors (Lipinski definition) is 6. The molecule has 134 valence electrons. The summed E-state index contributed by atoms with van der Waals surface area (Å²) in [6.45, 7) is 5.08. The Kier molecular flexibility index (Phi) is 4.68. The van der Waals surface area contributed by atoms with Crippen LogP contribution in [0.5, 0.6) is 0 Å². The van der Waals surface area contributed by atoms with Gasteiger partial charge < -0.3 is 20.3 Å². The first-order chi connectivity index (χ1) is 12.7. The van der Waals surface area contributed by atoms with Crippen molar-refractivity contribution in [3.63, 3.8) is 0 Å². The van der Waals surface area contributed by atoms with E-state index in [0.29, 0.717) is 23.8 Å². The predicted molar refractivity (Wildman–Crippen MR) is 106 cm³/mol. The first kappa shape index (κ1) is 16.7. The number of anilines is 3. The fourth-order valence-electron chi connectivity index (χ4n) is 3.00. The highest BCUT2D eigenvalue weighted by Crippen LogP contribution is 2.30. The smallest absolute Gasteiger partial charge is 0.175 e. The van der Waals surface area contributed by atoms with Gasteiger partial charge >= 0.3 is 0 Å². The second kappa shape index (κ2) is 7.27. The number of aryl methyl sites for hydroxylation is 1. The lowest BCUT2D eigenvalue weighted by atomic mass is 10.2. The van der Waals surface area contributed by atoms with Gasteiger partial charge in [0.15, 0.2) is 16.1 Å². The topological polar surface area (TPSA) is 75.5 Å². The molecule has 7 nitrogen and oxygen atoms in total. The van der Waals surface area contributed by atoms with E-state index in [1.54, 1.807) is 0 Å². The van der Waals surface area contributed by atoms with E-state index in [4.69, 9.17) is 21.6 Å². The summed E-state index contributed by atoms with van der Waals surface area (Å²) in [5, 5.41) is 15.0. The van der Waals surface area contributed by atoms with Crippen LogP contribution in [0.4, 0.5) is 17.1 Å². The third-order valence-corrected chi connectivity index (χ3v) is 4.59. The number of thiocarbonyl (C=S) groups is 1. The highest BCUT2D eigenvalue weighted by molar-refractivity contribution is 7.80. The maximum Gasteiger partial charge on any atom is 0.175 e. The molecule has 2 N–H and O–H groups in total. The van der Waals surface area contributed by atoms with Crippen LogP contribution in [-0.2, 0) is 4.74 Å². The van der Waals surface area contributed by atoms with Crippen LogP contribution in [0.2, 0.25) is 0 Å². The fourth-order valence-corrected chi connectivity index (χ4v) is 3.22. The Bertz CT molecular complexity index is 936. The van der Waals surface area contributed by atoms with Crippen LogP contribution >= 0.6 is 12.2 Å². The molecule has 26 heavy (non-hydrogen) atoms. The second-order valence-electron chi connectivity index (χ2n) is 6.09. The summed E-state index contributed by atoms with van der Waals surface area (Å²) in [6.07, 6.45) is 0. The maximum atomic E-state index is 5.44. The van der Waals surface area contributed by atoms with Crippen LogP contribution in [0.3, 0.4) is 0 Å². The normalized spacial score (nSPS) is 14.4. The van der Waals surface area contributed by atoms with Gasteiger partial charge in [-0.15, -0.1) is 0 Å². The Labute approximate surface area is 156 Å². The summed E-state index contributed by atoms with van der Waals surface area (Å²) in [5.41, 5.74) is 5.20. The van der Waals surface area contributed by atoms with E-state index in [0.717, 1.165) is 41.2 Å². The molecule has 0 amide bonds. The summed E-state index contributed by atoms with van der Waals surface area (Å²) in [4.78, 5) is 2.23. The van der Waals surface area contributed by atoms with Gasteiger partial charge in [0, 0.05) is 18.8 Å². The zero-order valence-electron chi connectivity index (χ0n) is 14.4. The van der Waals surface area contributed by atoms with Crippen LogP contribution in [0.1, 0.15) is 5.56 Å². The van der Waals surface area contributed by atoms with Crippen LogP contribution in [0, 0.1) is 6.92 Å². The number of ether oxygens (including phenoxy) is 1. The number of para-hydroxylation sites is 1. The Balaban J connectivity index is 1.56. The maximum absolute atomic E-state index is 5.44. The quantitative estimate of drug-likeness (QED) is 0.682. The van der Waals surface area contributed by atoms with E-state index in [-0.39, 0.29) is 0 Å². The van der Waals surface area contributed by atoms with Crippen molar-refractivity contribution < 1.29 is 9.37 Å². The number of nitrogens with zero attached hydrogens (tertiary/aromatic N) is 3. The van der Waals surface area contributed by atoms with Gasteiger partial charge in [-0.2, -0.15) is 0 Å². The molecule has 1 aliphatic rings. The van der Waals surface area contributed by atoms with Gasteiger partial charge in [-0.05, 0) is 53.2 Å². The summed E-state index contributed by atoms with van der Waals surface area (Å²) in [5.74, 6) is 0. The molecule has 0 saturated carbocycles. The molecule has 2 aromatic carbocycles. The number of fused-ring (bicyclic) bond motifs is 1. The molecule has 0 aliphatic carbocycles. The molecule has 3 aromatic rings. The Morgan fingerprint density at radius 3 is 2.54 bits per heavy atom. The van der Waals surface area contributed by atoms with E-state index in [1.807, 2.05) is 43.3 Å². The van der Waals surface area contributed by atoms with Crippen LogP contribution in [-0.4, -0.2) is 41.7 Å². The molecular weight excluding hydrogens is 350 g/mol. The minimum atomic E-state index is 0.489. The number of benzene rings is 2. The van der Waals surface area contributed by atoms with Crippen molar-refractivity contribution in [2.75, 3.05) is 41.8 Å². The molecule has 2 heterocycles. The molecular formula is C18H19N5O2S. The molecule has 0 atom stereocenters. The lowest BCUT2D eigenvalue weighted by molar-refractivity contribution is 0.123. The van der Waals surface area contributed by atoms with E-state index in [9.17, 15) is 0 Å². The average Bonchev–Trinajstić information content (AvgIpc) is 3.15. The minimum absolute atomic E-state index is 0.489. The minimum Gasteiger partial charge on any atom is -0.378 e. The molecule has 0 radical (unpaired) electrons. The predicted octanol–water partition coefficient (Wildman–Crippen LogP) is 3.18. The largest absolute Gasteiger partial charge is 0.378 e. The van der Waals surface area contributed by atoms with E-state index in [2.05, 4.69) is 25.8 Å². The summed E-state index contributed by atoms with van der Waals surface area (Å²) in [7, 11) is 0. The van der Waals surface area contributed by atoms with E-state index in [1.165, 1.54) is 0 Å². The standard InChI is InChI=1S/C18H19N5O2S/c1-12-4-2-3-5-13(12)19-18(26)20-14-6-7-15(17-16(14)21-25-22-17)23-8-10-24-11-9-23/h2-7H,8-11H2,1H3,(H2,19,20,26). The highest BCUT2D eigenvalue weighted by atomic mass is 32.1. The molecule has 4 rings (SSSR count). The molecule has 1 saturated heterocycles. The molecule has 0 spiro atoms. The van der Waals surface area contributed by atoms with E-state index < -0.39 is 0 Å². The van der Waals surface area contributed by atoms with Crippen molar-refractivity contribution in [1.82, 2.24) is 10.3 Å². The van der Waals surface area contributed by atoms with Crippen LogP contribution in [0.25, 0.3) is 11.0 Å². The number of morpholine rings is 1. The van der Waals surface area contributed by atoms with Gasteiger partial charge in [-0.1, -0.05) is 18.2 Å². The molecule has 1 aromatic heterocycles. The molecule has 1 fully saturated rings. The molecule has 0 bridgehead atoms. The second-order valence-corrected chi connectivity index (χ2v) is 6.50. The van der Waals surface area contributed by atoms with Crippen molar-refractivity contribution >= 4 is 45.4 Å². The molecule has 8 heteroatoms. The van der Waals surface area contributed by atoms with Crippen LogP contribution < -0.4 is 15.5 Å². The average molecular weight is 369 g/mol. The summed E-state index contributed by atoms with van der Waals surface area (Å²) < 4.78 is 10.4. The Morgan fingerprint density at radius 1 is 1.00 bits per heavy atom. The van der Waals surface area contributed by atoms with Crippen LogP contribution in [0.15, 0.2) is 41.0 Å². The van der Waals surface area contributed by atoms with E-state index >= 15 is 0 Å².